The van der Waals surface area contributed by atoms with Gasteiger partial charge in [-0.15, -0.1) is 0 Å². The maximum atomic E-state index is 13.6. The van der Waals surface area contributed by atoms with E-state index in [1.165, 1.54) is 0 Å². The summed E-state index contributed by atoms with van der Waals surface area (Å²) in [5.41, 5.74) is -1.90. The molecular formula is C17H21F4NO3. The third-order valence-corrected chi connectivity index (χ3v) is 3.64. The molecule has 0 aromatic heterocycles. The molecule has 0 atom stereocenters. The zero-order valence-corrected chi connectivity index (χ0v) is 14.3. The van der Waals surface area contributed by atoms with Crippen LogP contribution in [0.3, 0.4) is 0 Å². The molecule has 1 fully saturated rings. The van der Waals surface area contributed by atoms with Gasteiger partial charge in [-0.25, -0.2) is 9.18 Å². The SMILES string of the molecule is CC(C)(C)OC(=O)N1CCC(Oc2ccc(C(F)(F)F)c(F)c2)CC1. The first-order valence-electron chi connectivity index (χ1n) is 7.97. The molecule has 8 heteroatoms. The lowest BCUT2D eigenvalue weighted by Crippen LogP contribution is -2.44. The number of likely N-dealkylation sites (tertiary alicyclic amines) is 1. The average molecular weight is 363 g/mol. The van der Waals surface area contributed by atoms with E-state index >= 15 is 0 Å². The predicted octanol–water partition coefficient (Wildman–Crippen LogP) is 4.62. The fourth-order valence-corrected chi connectivity index (χ4v) is 2.47. The van der Waals surface area contributed by atoms with Gasteiger partial charge in [0.15, 0.2) is 0 Å². The maximum absolute atomic E-state index is 13.6. The minimum absolute atomic E-state index is 0.0428. The van der Waals surface area contributed by atoms with E-state index in [0.717, 1.165) is 12.1 Å². The number of nitrogens with zero attached hydrogens (tertiary/aromatic N) is 1. The first-order chi connectivity index (χ1) is 11.5. The van der Waals surface area contributed by atoms with Crippen molar-refractivity contribution in [3.8, 4) is 5.75 Å². The Labute approximate surface area is 143 Å². The highest BCUT2D eigenvalue weighted by Gasteiger charge is 2.34. The first kappa shape index (κ1) is 19.3. The van der Waals surface area contributed by atoms with Crippen LogP contribution in [0.2, 0.25) is 0 Å². The number of hydrogen-bond donors (Lipinski definition) is 0. The number of hydrogen-bond acceptors (Lipinski definition) is 3. The van der Waals surface area contributed by atoms with Crippen molar-refractivity contribution in [3.63, 3.8) is 0 Å². The summed E-state index contributed by atoms with van der Waals surface area (Å²) in [6.45, 7) is 6.14. The molecule has 1 aromatic carbocycles. The van der Waals surface area contributed by atoms with Gasteiger partial charge in [0, 0.05) is 32.0 Å². The van der Waals surface area contributed by atoms with Gasteiger partial charge in [-0.1, -0.05) is 0 Å². The molecule has 25 heavy (non-hydrogen) atoms. The Hall–Kier alpha value is -1.99. The van der Waals surface area contributed by atoms with Crippen LogP contribution >= 0.6 is 0 Å². The number of rotatable bonds is 2. The molecule has 1 amide bonds. The van der Waals surface area contributed by atoms with Gasteiger partial charge in [0.2, 0.25) is 0 Å². The molecule has 0 bridgehead atoms. The summed E-state index contributed by atoms with van der Waals surface area (Å²) in [6.07, 6.45) is -4.47. The summed E-state index contributed by atoms with van der Waals surface area (Å²) in [4.78, 5) is 13.5. The summed E-state index contributed by atoms with van der Waals surface area (Å²) < 4.78 is 62.0. The smallest absolute Gasteiger partial charge is 0.419 e. The van der Waals surface area contributed by atoms with E-state index in [0.29, 0.717) is 32.0 Å². The molecule has 4 nitrogen and oxygen atoms in total. The van der Waals surface area contributed by atoms with Crippen molar-refractivity contribution in [2.24, 2.45) is 0 Å². The van der Waals surface area contributed by atoms with E-state index in [2.05, 4.69) is 0 Å². The van der Waals surface area contributed by atoms with Gasteiger partial charge in [0.05, 0.1) is 5.56 Å². The quantitative estimate of drug-likeness (QED) is 0.720. The van der Waals surface area contributed by atoms with E-state index in [1.807, 2.05) is 0 Å². The number of ether oxygens (including phenoxy) is 2. The Morgan fingerprint density at radius 3 is 2.24 bits per heavy atom. The van der Waals surface area contributed by atoms with Crippen molar-refractivity contribution in [3.05, 3.63) is 29.6 Å². The van der Waals surface area contributed by atoms with Gasteiger partial charge >= 0.3 is 12.3 Å². The third-order valence-electron chi connectivity index (χ3n) is 3.64. The van der Waals surface area contributed by atoms with Crippen LogP contribution in [0.5, 0.6) is 5.75 Å². The van der Waals surface area contributed by atoms with Crippen LogP contribution in [0.15, 0.2) is 18.2 Å². The van der Waals surface area contributed by atoms with E-state index in [9.17, 15) is 22.4 Å². The fraction of sp³-hybridized carbons (Fsp3) is 0.588. The number of halogens is 4. The first-order valence-corrected chi connectivity index (χ1v) is 7.97. The monoisotopic (exact) mass is 363 g/mol. The zero-order chi connectivity index (χ0) is 18.8. The van der Waals surface area contributed by atoms with Crippen molar-refractivity contribution < 1.29 is 31.8 Å². The largest absolute Gasteiger partial charge is 0.490 e. The van der Waals surface area contributed by atoms with E-state index < -0.39 is 29.3 Å². The van der Waals surface area contributed by atoms with E-state index in [4.69, 9.17) is 9.47 Å². The molecule has 1 aliphatic rings. The number of amides is 1. The molecule has 0 saturated carbocycles. The number of carbonyl (C=O) groups is 1. The Balaban J connectivity index is 1.90. The van der Waals surface area contributed by atoms with Crippen LogP contribution in [0.1, 0.15) is 39.2 Å². The molecule has 1 heterocycles. The number of alkyl halides is 3. The van der Waals surface area contributed by atoms with Gasteiger partial charge < -0.3 is 14.4 Å². The second kappa shape index (κ2) is 7.09. The maximum Gasteiger partial charge on any atom is 0.419 e. The molecule has 1 saturated heterocycles. The fourth-order valence-electron chi connectivity index (χ4n) is 2.47. The van der Waals surface area contributed by atoms with Crippen LogP contribution in [0.4, 0.5) is 22.4 Å². The second-order valence-corrected chi connectivity index (χ2v) is 6.92. The number of piperidine rings is 1. The predicted molar refractivity (Wildman–Crippen MR) is 82.9 cm³/mol. The highest BCUT2D eigenvalue weighted by molar-refractivity contribution is 5.68. The average Bonchev–Trinajstić information content (AvgIpc) is 2.44. The minimum Gasteiger partial charge on any atom is -0.490 e. The van der Waals surface area contributed by atoms with Gasteiger partial charge in [0.25, 0.3) is 0 Å². The molecule has 0 spiro atoms. The molecular weight excluding hydrogens is 342 g/mol. The van der Waals surface area contributed by atoms with Crippen LogP contribution in [0.25, 0.3) is 0 Å². The van der Waals surface area contributed by atoms with Gasteiger partial charge in [-0.2, -0.15) is 13.2 Å². The highest BCUT2D eigenvalue weighted by atomic mass is 19.4. The Morgan fingerprint density at radius 1 is 1.16 bits per heavy atom. The lowest BCUT2D eigenvalue weighted by Gasteiger charge is -2.33. The molecule has 140 valence electrons. The van der Waals surface area contributed by atoms with Crippen molar-refractivity contribution in [2.75, 3.05) is 13.1 Å². The molecule has 2 rings (SSSR count). The number of carbonyl (C=O) groups excluding carboxylic acids is 1. The molecule has 0 N–H and O–H groups in total. The minimum atomic E-state index is -4.73. The lowest BCUT2D eigenvalue weighted by molar-refractivity contribution is -0.140. The summed E-state index contributed by atoms with van der Waals surface area (Å²) in [5.74, 6) is -1.32. The van der Waals surface area contributed by atoms with E-state index in [1.54, 1.807) is 25.7 Å². The van der Waals surface area contributed by atoms with Crippen molar-refractivity contribution in [1.29, 1.82) is 0 Å². The standard InChI is InChI=1S/C17H21F4NO3/c1-16(2,3)25-15(23)22-8-6-11(7-9-22)24-12-4-5-13(14(18)10-12)17(19,20)21/h4-5,10-11H,6-9H2,1-3H3. The van der Waals surface area contributed by atoms with Gasteiger partial charge in [-0.05, 0) is 32.9 Å². The molecule has 0 radical (unpaired) electrons. The van der Waals surface area contributed by atoms with Gasteiger partial charge in [0.1, 0.15) is 23.3 Å². The summed E-state index contributed by atoms with van der Waals surface area (Å²) in [7, 11) is 0. The second-order valence-electron chi connectivity index (χ2n) is 6.92. The van der Waals surface area contributed by atoms with Crippen LogP contribution < -0.4 is 4.74 Å². The molecule has 1 aromatic rings. The van der Waals surface area contributed by atoms with E-state index in [-0.39, 0.29) is 11.9 Å². The van der Waals surface area contributed by atoms with Gasteiger partial charge in [-0.3, -0.25) is 0 Å². The lowest BCUT2D eigenvalue weighted by atomic mass is 10.1. The third kappa shape index (κ3) is 5.51. The Bertz CT molecular complexity index is 617. The summed E-state index contributed by atoms with van der Waals surface area (Å²) in [5, 5.41) is 0. The number of benzene rings is 1. The highest BCUT2D eigenvalue weighted by Crippen LogP contribution is 2.33. The van der Waals surface area contributed by atoms with Crippen LogP contribution in [0, 0.1) is 5.82 Å². The normalized spacial score (nSPS) is 16.7. The topological polar surface area (TPSA) is 38.8 Å². The molecule has 1 aliphatic heterocycles. The van der Waals surface area contributed by atoms with Crippen molar-refractivity contribution >= 4 is 6.09 Å². The Morgan fingerprint density at radius 2 is 1.76 bits per heavy atom. The van der Waals surface area contributed by atoms with Crippen LogP contribution in [-0.4, -0.2) is 35.8 Å². The van der Waals surface area contributed by atoms with Crippen molar-refractivity contribution in [1.82, 2.24) is 4.90 Å². The van der Waals surface area contributed by atoms with Crippen LogP contribution in [-0.2, 0) is 10.9 Å². The Kier molecular flexibility index (Phi) is 5.49. The summed E-state index contributed by atoms with van der Waals surface area (Å²) in [6, 6.07) is 2.51. The molecule has 0 aliphatic carbocycles. The molecule has 0 unspecified atom stereocenters. The van der Waals surface area contributed by atoms with Crippen molar-refractivity contribution in [2.45, 2.75) is 51.5 Å². The zero-order valence-electron chi connectivity index (χ0n) is 14.3. The summed E-state index contributed by atoms with van der Waals surface area (Å²) >= 11 is 0.